The van der Waals surface area contributed by atoms with Crippen molar-refractivity contribution in [2.45, 2.75) is 20.0 Å². The summed E-state index contributed by atoms with van der Waals surface area (Å²) in [6.45, 7) is 4.34. The molecule has 1 atom stereocenters. The molecule has 13 heavy (non-hydrogen) atoms. The molecule has 1 saturated heterocycles. The maximum Gasteiger partial charge on any atom is 0.243 e. The van der Waals surface area contributed by atoms with Gasteiger partial charge in [0, 0.05) is 5.57 Å². The minimum atomic E-state index is -0.345. The molecule has 1 aliphatic rings. The number of carbonyl (C=O) groups is 1. The number of ether oxygens (including phenoxy) is 1. The van der Waals surface area contributed by atoms with Crippen molar-refractivity contribution in [1.82, 2.24) is 6.15 Å². The van der Waals surface area contributed by atoms with Crippen molar-refractivity contribution in [2.24, 2.45) is 5.73 Å². The molecule has 0 spiro atoms. The fourth-order valence-electron chi connectivity index (χ4n) is 0.299. The van der Waals surface area contributed by atoms with Gasteiger partial charge >= 0.3 is 0 Å². The van der Waals surface area contributed by atoms with Gasteiger partial charge in [-0.15, -0.1) is 11.6 Å². The Kier molecular flexibility index (Phi) is 9.22. The zero-order chi connectivity index (χ0) is 9.56. The monoisotopic (exact) mass is 208 g/mol. The standard InChI is InChI=1S/C5H9NO.C3H5ClO.H3N/c1-3-4(2)5(6)7;4-1-3-2-5-3;/h3H,1-2H3,(H2,6,7);3H,1-2H2;1H3/b4-3+;;. The molecule has 5 heteroatoms. The van der Waals surface area contributed by atoms with E-state index in [0.29, 0.717) is 17.6 Å². The van der Waals surface area contributed by atoms with Crippen LogP contribution in [-0.2, 0) is 9.53 Å². The van der Waals surface area contributed by atoms with E-state index in [1.54, 1.807) is 19.9 Å². The van der Waals surface area contributed by atoms with Crippen LogP contribution in [0.15, 0.2) is 11.6 Å². The van der Waals surface area contributed by atoms with Crippen LogP contribution in [0.4, 0.5) is 0 Å². The van der Waals surface area contributed by atoms with Crippen molar-refractivity contribution in [2.75, 3.05) is 12.5 Å². The average Bonchev–Trinajstić information content (AvgIpc) is 2.86. The van der Waals surface area contributed by atoms with Crippen LogP contribution in [0, 0.1) is 0 Å². The quantitative estimate of drug-likeness (QED) is 0.406. The van der Waals surface area contributed by atoms with Crippen molar-refractivity contribution < 1.29 is 9.53 Å². The molecule has 1 aliphatic heterocycles. The van der Waals surface area contributed by atoms with E-state index in [1.165, 1.54) is 0 Å². The Balaban J connectivity index is 0. The Bertz CT molecular complexity index is 179. The second-order valence-electron chi connectivity index (χ2n) is 2.45. The molecule has 0 bridgehead atoms. The lowest BCUT2D eigenvalue weighted by molar-refractivity contribution is -0.114. The molecule has 0 aromatic heterocycles. The van der Waals surface area contributed by atoms with Gasteiger partial charge in [0.05, 0.1) is 18.6 Å². The van der Waals surface area contributed by atoms with Crippen molar-refractivity contribution in [3.63, 3.8) is 0 Å². The molecule has 0 saturated carbocycles. The van der Waals surface area contributed by atoms with E-state index in [-0.39, 0.29) is 12.1 Å². The largest absolute Gasteiger partial charge is 0.372 e. The molecule has 1 amide bonds. The second kappa shape index (κ2) is 8.04. The first-order valence-corrected chi connectivity index (χ1v) is 4.25. The van der Waals surface area contributed by atoms with Gasteiger partial charge in [-0.1, -0.05) is 6.08 Å². The van der Waals surface area contributed by atoms with Crippen molar-refractivity contribution in [3.05, 3.63) is 11.6 Å². The van der Waals surface area contributed by atoms with Gasteiger partial charge in [-0.2, -0.15) is 0 Å². The number of allylic oxidation sites excluding steroid dienone is 1. The number of hydrogen-bond donors (Lipinski definition) is 2. The Morgan fingerprint density at radius 2 is 2.23 bits per heavy atom. The van der Waals surface area contributed by atoms with Crippen LogP contribution in [0.2, 0.25) is 0 Å². The summed E-state index contributed by atoms with van der Waals surface area (Å²) in [6, 6.07) is 0. The third-order valence-electron chi connectivity index (χ3n) is 1.40. The highest BCUT2D eigenvalue weighted by Gasteiger charge is 2.19. The van der Waals surface area contributed by atoms with E-state index in [9.17, 15) is 4.79 Å². The van der Waals surface area contributed by atoms with Crippen LogP contribution in [0.1, 0.15) is 13.8 Å². The first-order valence-electron chi connectivity index (χ1n) is 3.72. The summed E-state index contributed by atoms with van der Waals surface area (Å²) in [5, 5.41) is 0. The smallest absolute Gasteiger partial charge is 0.243 e. The van der Waals surface area contributed by atoms with E-state index in [4.69, 9.17) is 22.1 Å². The zero-order valence-electron chi connectivity index (χ0n) is 8.05. The van der Waals surface area contributed by atoms with Gasteiger partial charge in [-0.3, -0.25) is 4.79 Å². The van der Waals surface area contributed by atoms with Crippen molar-refractivity contribution in [1.29, 1.82) is 0 Å². The third-order valence-corrected chi connectivity index (χ3v) is 1.74. The number of amides is 1. The maximum absolute atomic E-state index is 10.1. The number of alkyl halides is 1. The minimum Gasteiger partial charge on any atom is -0.372 e. The third kappa shape index (κ3) is 9.33. The lowest BCUT2D eigenvalue weighted by Gasteiger charge is -1.85. The molecule has 1 unspecified atom stereocenters. The van der Waals surface area contributed by atoms with E-state index >= 15 is 0 Å². The fourth-order valence-corrected chi connectivity index (χ4v) is 0.478. The molecule has 1 fully saturated rings. The van der Waals surface area contributed by atoms with Gasteiger partial charge in [-0.25, -0.2) is 0 Å². The van der Waals surface area contributed by atoms with E-state index in [1.807, 2.05) is 0 Å². The molecule has 0 aliphatic carbocycles. The van der Waals surface area contributed by atoms with Gasteiger partial charge in [0.25, 0.3) is 0 Å². The summed E-state index contributed by atoms with van der Waals surface area (Å²) in [7, 11) is 0. The lowest BCUT2D eigenvalue weighted by atomic mass is 10.3. The van der Waals surface area contributed by atoms with Gasteiger partial charge < -0.3 is 16.6 Å². The first kappa shape index (κ1) is 14.9. The Morgan fingerprint density at radius 3 is 2.23 bits per heavy atom. The summed E-state index contributed by atoms with van der Waals surface area (Å²) in [4.78, 5) is 10.1. The molecule has 4 nitrogen and oxygen atoms in total. The van der Waals surface area contributed by atoms with Gasteiger partial charge in [0.15, 0.2) is 0 Å². The number of primary amides is 1. The predicted octanol–water partition coefficient (Wildman–Crippen LogP) is 1.22. The molecule has 0 aromatic carbocycles. The van der Waals surface area contributed by atoms with Crippen molar-refractivity contribution >= 4 is 17.5 Å². The van der Waals surface area contributed by atoms with Crippen molar-refractivity contribution in [3.8, 4) is 0 Å². The van der Waals surface area contributed by atoms with Crippen LogP contribution < -0.4 is 11.9 Å². The summed E-state index contributed by atoms with van der Waals surface area (Å²) in [5.74, 6) is 0.322. The number of halogens is 1. The Hall–Kier alpha value is -0.580. The zero-order valence-corrected chi connectivity index (χ0v) is 8.80. The predicted molar refractivity (Wildman–Crippen MR) is 54.1 cm³/mol. The lowest BCUT2D eigenvalue weighted by Crippen LogP contribution is -2.10. The van der Waals surface area contributed by atoms with Crippen LogP contribution >= 0.6 is 11.6 Å². The van der Waals surface area contributed by atoms with Gasteiger partial charge in [-0.05, 0) is 13.8 Å². The maximum atomic E-state index is 10.1. The van der Waals surface area contributed by atoms with Crippen LogP contribution in [0.25, 0.3) is 0 Å². The van der Waals surface area contributed by atoms with Crippen LogP contribution in [-0.4, -0.2) is 24.5 Å². The Labute approximate surface area is 83.7 Å². The number of carbonyl (C=O) groups excluding carboxylic acids is 1. The SMILES string of the molecule is C/C=C(\C)C(N)=O.ClCC1CO1.N. The first-order chi connectivity index (χ1) is 5.61. The normalized spacial score (nSPS) is 19.3. The summed E-state index contributed by atoms with van der Waals surface area (Å²) >= 11 is 5.27. The second-order valence-corrected chi connectivity index (χ2v) is 2.75. The summed E-state index contributed by atoms with van der Waals surface area (Å²) in [6.07, 6.45) is 2.08. The molecule has 0 radical (unpaired) electrons. The summed E-state index contributed by atoms with van der Waals surface area (Å²) < 4.78 is 4.73. The molecular weight excluding hydrogens is 192 g/mol. The Morgan fingerprint density at radius 1 is 1.77 bits per heavy atom. The molecule has 5 N–H and O–H groups in total. The highest BCUT2D eigenvalue weighted by molar-refractivity contribution is 6.18. The minimum absolute atomic E-state index is 0. The molecule has 1 rings (SSSR count). The molecule has 1 heterocycles. The molecular formula is C8H17ClN2O2. The van der Waals surface area contributed by atoms with E-state index < -0.39 is 0 Å². The van der Waals surface area contributed by atoms with E-state index in [0.717, 1.165) is 6.61 Å². The van der Waals surface area contributed by atoms with Crippen LogP contribution in [0.5, 0.6) is 0 Å². The highest BCUT2D eigenvalue weighted by atomic mass is 35.5. The topological polar surface area (TPSA) is 90.6 Å². The fraction of sp³-hybridized carbons (Fsp3) is 0.625. The number of nitrogens with two attached hydrogens (primary N) is 1. The average molecular weight is 209 g/mol. The van der Waals surface area contributed by atoms with Crippen LogP contribution in [0.3, 0.4) is 0 Å². The number of hydrogen-bond acceptors (Lipinski definition) is 3. The summed E-state index contributed by atoms with van der Waals surface area (Å²) in [5.41, 5.74) is 5.45. The highest BCUT2D eigenvalue weighted by Crippen LogP contribution is 2.08. The molecule has 0 aromatic rings. The van der Waals surface area contributed by atoms with E-state index in [2.05, 4.69) is 0 Å². The van der Waals surface area contributed by atoms with Gasteiger partial charge in [0.1, 0.15) is 0 Å². The van der Waals surface area contributed by atoms with Gasteiger partial charge in [0.2, 0.25) is 5.91 Å². The number of epoxide rings is 1. The number of rotatable bonds is 2. The molecule has 78 valence electrons.